The number of nitrogens with zero attached hydrogens (tertiary/aromatic N) is 1. The summed E-state index contributed by atoms with van der Waals surface area (Å²) < 4.78 is 0. The van der Waals surface area contributed by atoms with E-state index in [0.717, 1.165) is 36.3 Å². The highest BCUT2D eigenvalue weighted by Crippen LogP contribution is 2.36. The van der Waals surface area contributed by atoms with E-state index in [0.29, 0.717) is 6.04 Å². The van der Waals surface area contributed by atoms with Gasteiger partial charge in [-0.05, 0) is 43.1 Å². The fourth-order valence-corrected chi connectivity index (χ4v) is 4.34. The maximum Gasteiger partial charge on any atom is 0.0275 e. The molecule has 2 aliphatic rings. The fourth-order valence-electron chi connectivity index (χ4n) is 4.34. The number of likely N-dealkylation sites (N-methyl/N-ethyl adjacent to an activating group) is 1. The monoisotopic (exact) mass is 252 g/mol. The highest BCUT2D eigenvalue weighted by Gasteiger charge is 2.40. The first-order valence-electron chi connectivity index (χ1n) is 8.00. The molecule has 0 aromatic heterocycles. The molecule has 6 atom stereocenters. The minimum atomic E-state index is 0.714. The molecule has 2 rings (SSSR count). The number of hydrogen-bond acceptors (Lipinski definition) is 2. The van der Waals surface area contributed by atoms with Crippen LogP contribution in [-0.2, 0) is 0 Å². The van der Waals surface area contributed by atoms with E-state index in [2.05, 4.69) is 44.8 Å². The van der Waals surface area contributed by atoms with Crippen molar-refractivity contribution in [1.82, 2.24) is 10.2 Å². The van der Waals surface area contributed by atoms with Crippen molar-refractivity contribution in [3.63, 3.8) is 0 Å². The molecule has 6 unspecified atom stereocenters. The average Bonchev–Trinajstić information content (AvgIpc) is 2.58. The van der Waals surface area contributed by atoms with Crippen LogP contribution in [0.3, 0.4) is 0 Å². The van der Waals surface area contributed by atoms with Gasteiger partial charge in [-0.1, -0.05) is 34.6 Å². The first-order valence-corrected chi connectivity index (χ1v) is 8.00. The molecule has 106 valence electrons. The maximum atomic E-state index is 3.76. The maximum absolute atomic E-state index is 3.76. The van der Waals surface area contributed by atoms with Crippen molar-refractivity contribution in [2.45, 2.75) is 59.5 Å². The van der Waals surface area contributed by atoms with Crippen LogP contribution >= 0.6 is 0 Å². The molecule has 0 amide bonds. The third kappa shape index (κ3) is 2.91. The quantitative estimate of drug-likeness (QED) is 0.831. The lowest BCUT2D eigenvalue weighted by Gasteiger charge is -2.45. The van der Waals surface area contributed by atoms with Crippen LogP contribution in [0.25, 0.3) is 0 Å². The molecular weight excluding hydrogens is 220 g/mol. The Morgan fingerprint density at radius 1 is 0.944 bits per heavy atom. The molecule has 0 spiro atoms. The van der Waals surface area contributed by atoms with Crippen LogP contribution < -0.4 is 5.32 Å². The predicted octanol–water partition coefficient (Wildman–Crippen LogP) is 2.99. The van der Waals surface area contributed by atoms with Gasteiger partial charge in [0.05, 0.1) is 0 Å². The minimum absolute atomic E-state index is 0.714. The summed E-state index contributed by atoms with van der Waals surface area (Å²) in [6, 6.07) is 1.49. The molecular formula is C16H32N2. The summed E-state index contributed by atoms with van der Waals surface area (Å²) in [7, 11) is 0. The van der Waals surface area contributed by atoms with E-state index < -0.39 is 0 Å². The Morgan fingerprint density at radius 2 is 1.56 bits per heavy atom. The van der Waals surface area contributed by atoms with Crippen molar-refractivity contribution in [2.75, 3.05) is 19.6 Å². The molecule has 1 N–H and O–H groups in total. The number of nitrogens with one attached hydrogen (secondary N) is 1. The number of rotatable bonds is 3. The van der Waals surface area contributed by atoms with Crippen LogP contribution in [0.15, 0.2) is 0 Å². The molecule has 18 heavy (non-hydrogen) atoms. The largest absolute Gasteiger partial charge is 0.313 e. The van der Waals surface area contributed by atoms with E-state index in [1.165, 1.54) is 25.9 Å². The summed E-state index contributed by atoms with van der Waals surface area (Å²) in [5, 5.41) is 3.76. The standard InChI is InChI=1S/C16H32N2/c1-6-17-15-8-11(2)7-12(3)16(15)18-9-13(4)14(5)10-18/h11-17H,6-10H2,1-5H3. The summed E-state index contributed by atoms with van der Waals surface area (Å²) >= 11 is 0. The molecule has 1 saturated heterocycles. The molecule has 1 aliphatic heterocycles. The molecule has 0 aromatic rings. The first-order chi connectivity index (χ1) is 8.52. The van der Waals surface area contributed by atoms with Crippen molar-refractivity contribution in [3.05, 3.63) is 0 Å². The topological polar surface area (TPSA) is 15.3 Å². The van der Waals surface area contributed by atoms with Gasteiger partial charge in [-0.2, -0.15) is 0 Å². The van der Waals surface area contributed by atoms with Crippen LogP contribution in [0.4, 0.5) is 0 Å². The van der Waals surface area contributed by atoms with Gasteiger partial charge in [-0.3, -0.25) is 4.90 Å². The molecule has 2 fully saturated rings. The Balaban J connectivity index is 2.07. The summed E-state index contributed by atoms with van der Waals surface area (Å²) in [5.41, 5.74) is 0. The molecule has 1 heterocycles. The highest BCUT2D eigenvalue weighted by molar-refractivity contribution is 4.96. The lowest BCUT2D eigenvalue weighted by molar-refractivity contribution is 0.0759. The fraction of sp³-hybridized carbons (Fsp3) is 1.00. The van der Waals surface area contributed by atoms with E-state index in [4.69, 9.17) is 0 Å². The zero-order valence-corrected chi connectivity index (χ0v) is 12.9. The van der Waals surface area contributed by atoms with Crippen molar-refractivity contribution < 1.29 is 0 Å². The van der Waals surface area contributed by atoms with E-state index in [1.54, 1.807) is 0 Å². The number of likely N-dealkylation sites (tertiary alicyclic amines) is 1. The van der Waals surface area contributed by atoms with Gasteiger partial charge in [0, 0.05) is 25.2 Å². The smallest absolute Gasteiger partial charge is 0.0275 e. The van der Waals surface area contributed by atoms with Crippen LogP contribution in [0.2, 0.25) is 0 Å². The summed E-state index contributed by atoms with van der Waals surface area (Å²) in [6.45, 7) is 15.7. The Labute approximate surface area is 114 Å². The van der Waals surface area contributed by atoms with Crippen molar-refractivity contribution in [2.24, 2.45) is 23.7 Å². The van der Waals surface area contributed by atoms with Crippen LogP contribution in [0, 0.1) is 23.7 Å². The zero-order chi connectivity index (χ0) is 13.3. The predicted molar refractivity (Wildman–Crippen MR) is 78.7 cm³/mol. The second kappa shape index (κ2) is 5.92. The highest BCUT2D eigenvalue weighted by atomic mass is 15.2. The van der Waals surface area contributed by atoms with Gasteiger partial charge in [0.2, 0.25) is 0 Å². The molecule has 0 radical (unpaired) electrons. The Bertz CT molecular complexity index is 251. The van der Waals surface area contributed by atoms with E-state index in [-0.39, 0.29) is 0 Å². The molecule has 2 nitrogen and oxygen atoms in total. The van der Waals surface area contributed by atoms with Crippen LogP contribution in [0.5, 0.6) is 0 Å². The van der Waals surface area contributed by atoms with Crippen LogP contribution in [-0.4, -0.2) is 36.6 Å². The SMILES string of the molecule is CCNC1CC(C)CC(C)C1N1CC(C)C(C)C1. The average molecular weight is 252 g/mol. The number of hydrogen-bond donors (Lipinski definition) is 1. The van der Waals surface area contributed by atoms with Crippen molar-refractivity contribution in [3.8, 4) is 0 Å². The van der Waals surface area contributed by atoms with Crippen molar-refractivity contribution >= 4 is 0 Å². The summed E-state index contributed by atoms with van der Waals surface area (Å²) in [6.07, 6.45) is 2.77. The van der Waals surface area contributed by atoms with Gasteiger partial charge in [0.1, 0.15) is 0 Å². The van der Waals surface area contributed by atoms with E-state index in [9.17, 15) is 0 Å². The second-order valence-corrected chi connectivity index (χ2v) is 7.12. The zero-order valence-electron chi connectivity index (χ0n) is 12.9. The van der Waals surface area contributed by atoms with Crippen LogP contribution in [0.1, 0.15) is 47.5 Å². The minimum Gasteiger partial charge on any atom is -0.313 e. The van der Waals surface area contributed by atoms with Gasteiger partial charge in [0.25, 0.3) is 0 Å². The molecule has 2 heteroatoms. The van der Waals surface area contributed by atoms with Crippen molar-refractivity contribution in [1.29, 1.82) is 0 Å². The van der Waals surface area contributed by atoms with E-state index in [1.807, 2.05) is 0 Å². The van der Waals surface area contributed by atoms with Gasteiger partial charge in [-0.15, -0.1) is 0 Å². The third-order valence-corrected chi connectivity index (χ3v) is 5.33. The Kier molecular flexibility index (Phi) is 4.71. The molecule has 0 bridgehead atoms. The Hall–Kier alpha value is -0.0800. The van der Waals surface area contributed by atoms with Gasteiger partial charge in [0.15, 0.2) is 0 Å². The summed E-state index contributed by atoms with van der Waals surface area (Å²) in [4.78, 5) is 2.79. The molecule has 1 aliphatic carbocycles. The third-order valence-electron chi connectivity index (χ3n) is 5.33. The molecule has 1 saturated carbocycles. The summed E-state index contributed by atoms with van der Waals surface area (Å²) in [5.74, 6) is 3.48. The van der Waals surface area contributed by atoms with Gasteiger partial charge in [-0.25, -0.2) is 0 Å². The lowest BCUT2D eigenvalue weighted by Crippen LogP contribution is -2.56. The second-order valence-electron chi connectivity index (χ2n) is 7.12. The normalized spacial score (nSPS) is 46.5. The Morgan fingerprint density at radius 3 is 2.11 bits per heavy atom. The molecule has 0 aromatic carbocycles. The van der Waals surface area contributed by atoms with Gasteiger partial charge < -0.3 is 5.32 Å². The first kappa shape index (κ1) is 14.3. The van der Waals surface area contributed by atoms with Gasteiger partial charge >= 0.3 is 0 Å². The van der Waals surface area contributed by atoms with E-state index >= 15 is 0 Å². The lowest BCUT2D eigenvalue weighted by atomic mass is 9.76.